The lowest BCUT2D eigenvalue weighted by atomic mass is 10.2. The fourth-order valence-electron chi connectivity index (χ4n) is 2.29. The summed E-state index contributed by atoms with van der Waals surface area (Å²) in [5.74, 6) is 0.870. The number of anilines is 1. The van der Waals surface area contributed by atoms with E-state index in [1.54, 1.807) is 49.6 Å². The molecule has 0 bridgehead atoms. The van der Waals surface area contributed by atoms with Crippen molar-refractivity contribution in [2.45, 2.75) is 0 Å². The Hall–Kier alpha value is -3.28. The number of carbonyl (C=O) groups excluding carboxylic acids is 1. The van der Waals surface area contributed by atoms with Crippen molar-refractivity contribution >= 4 is 22.5 Å². The van der Waals surface area contributed by atoms with Gasteiger partial charge in [0, 0.05) is 17.1 Å². The molecule has 0 radical (unpaired) electrons. The van der Waals surface area contributed by atoms with Crippen molar-refractivity contribution in [1.29, 1.82) is 0 Å². The van der Waals surface area contributed by atoms with Gasteiger partial charge in [-0.3, -0.25) is 9.59 Å². The summed E-state index contributed by atoms with van der Waals surface area (Å²) in [5.41, 5.74) is 0.999. The molecular formula is C18H16N2O4. The Morgan fingerprint density at radius 3 is 2.62 bits per heavy atom. The fourth-order valence-corrected chi connectivity index (χ4v) is 2.29. The normalized spacial score (nSPS) is 10.4. The van der Waals surface area contributed by atoms with Crippen molar-refractivity contribution in [3.63, 3.8) is 0 Å². The third kappa shape index (κ3) is 3.55. The lowest BCUT2D eigenvalue weighted by molar-refractivity contribution is -0.118. The molecule has 0 saturated carbocycles. The van der Waals surface area contributed by atoms with Crippen LogP contribution in [0.1, 0.15) is 0 Å². The third-order valence-corrected chi connectivity index (χ3v) is 3.45. The standard InChI is InChI=1S/C18H16N2O4/c1-23-14-8-6-13(7-9-14)19-17(22)11-24-15-4-2-3-12-5-10-16(21)20-18(12)15/h2-10H,11H2,1H3,(H,19,22)(H,20,21). The van der Waals surface area contributed by atoms with E-state index in [4.69, 9.17) is 9.47 Å². The first kappa shape index (κ1) is 15.6. The number of pyridine rings is 1. The Labute approximate surface area is 138 Å². The summed E-state index contributed by atoms with van der Waals surface area (Å²) in [6, 6.07) is 15.5. The molecule has 0 unspecified atom stereocenters. The highest BCUT2D eigenvalue weighted by molar-refractivity contribution is 5.92. The predicted octanol–water partition coefficient (Wildman–Crippen LogP) is 2.55. The Balaban J connectivity index is 1.68. The molecule has 0 spiro atoms. The number of para-hydroxylation sites is 1. The van der Waals surface area contributed by atoms with Crippen LogP contribution < -0.4 is 20.3 Å². The van der Waals surface area contributed by atoms with E-state index < -0.39 is 0 Å². The number of aromatic nitrogens is 1. The molecule has 3 rings (SSSR count). The number of methoxy groups -OCH3 is 1. The minimum Gasteiger partial charge on any atom is -0.497 e. The molecule has 6 heteroatoms. The Morgan fingerprint density at radius 1 is 1.08 bits per heavy atom. The van der Waals surface area contributed by atoms with Gasteiger partial charge in [-0.1, -0.05) is 12.1 Å². The zero-order valence-electron chi connectivity index (χ0n) is 13.0. The van der Waals surface area contributed by atoms with Crippen molar-refractivity contribution in [2.75, 3.05) is 19.0 Å². The summed E-state index contributed by atoms with van der Waals surface area (Å²) in [7, 11) is 1.58. The van der Waals surface area contributed by atoms with Crippen LogP contribution >= 0.6 is 0 Å². The van der Waals surface area contributed by atoms with Gasteiger partial charge in [0.25, 0.3) is 5.91 Å². The van der Waals surface area contributed by atoms with Crippen LogP contribution in [0.3, 0.4) is 0 Å². The highest BCUT2D eigenvalue weighted by Gasteiger charge is 2.07. The summed E-state index contributed by atoms with van der Waals surface area (Å²) in [6.07, 6.45) is 0. The first-order chi connectivity index (χ1) is 11.7. The molecule has 0 aliphatic rings. The van der Waals surface area contributed by atoms with Crippen LogP contribution in [-0.4, -0.2) is 24.6 Å². The lowest BCUT2D eigenvalue weighted by Crippen LogP contribution is -2.20. The lowest BCUT2D eigenvalue weighted by Gasteiger charge is -2.10. The zero-order chi connectivity index (χ0) is 16.9. The molecule has 0 saturated heterocycles. The molecule has 0 aliphatic heterocycles. The highest BCUT2D eigenvalue weighted by Crippen LogP contribution is 2.22. The molecule has 3 aromatic rings. The predicted molar refractivity (Wildman–Crippen MR) is 91.7 cm³/mol. The maximum absolute atomic E-state index is 12.0. The van der Waals surface area contributed by atoms with Crippen LogP contribution in [0.25, 0.3) is 10.9 Å². The van der Waals surface area contributed by atoms with Gasteiger partial charge < -0.3 is 19.8 Å². The number of hydrogen-bond donors (Lipinski definition) is 2. The van der Waals surface area contributed by atoms with Crippen molar-refractivity contribution in [3.8, 4) is 11.5 Å². The number of amides is 1. The topological polar surface area (TPSA) is 80.4 Å². The van der Waals surface area contributed by atoms with E-state index in [2.05, 4.69) is 10.3 Å². The number of nitrogens with one attached hydrogen (secondary N) is 2. The SMILES string of the molecule is COc1ccc(NC(=O)COc2cccc3ccc(=O)[nH]c23)cc1. The van der Waals surface area contributed by atoms with Gasteiger partial charge in [0.1, 0.15) is 11.5 Å². The first-order valence-electron chi connectivity index (χ1n) is 7.34. The molecular weight excluding hydrogens is 308 g/mol. The average Bonchev–Trinajstić information content (AvgIpc) is 2.60. The second-order valence-electron chi connectivity index (χ2n) is 5.11. The maximum atomic E-state index is 12.0. The number of ether oxygens (including phenoxy) is 2. The van der Waals surface area contributed by atoms with Crippen LogP contribution in [0.2, 0.25) is 0 Å². The van der Waals surface area contributed by atoms with Gasteiger partial charge >= 0.3 is 0 Å². The van der Waals surface area contributed by atoms with E-state index in [-0.39, 0.29) is 18.1 Å². The largest absolute Gasteiger partial charge is 0.497 e. The van der Waals surface area contributed by atoms with Gasteiger partial charge in [0.15, 0.2) is 6.61 Å². The molecule has 24 heavy (non-hydrogen) atoms. The molecule has 0 atom stereocenters. The third-order valence-electron chi connectivity index (χ3n) is 3.45. The number of benzene rings is 2. The van der Waals surface area contributed by atoms with Gasteiger partial charge in [-0.05, 0) is 36.4 Å². The Kier molecular flexibility index (Phi) is 4.47. The van der Waals surface area contributed by atoms with Gasteiger partial charge in [-0.25, -0.2) is 0 Å². The number of fused-ring (bicyclic) bond motifs is 1. The second-order valence-corrected chi connectivity index (χ2v) is 5.11. The van der Waals surface area contributed by atoms with Crippen molar-refractivity contribution in [1.82, 2.24) is 4.98 Å². The van der Waals surface area contributed by atoms with Gasteiger partial charge in [0.05, 0.1) is 12.6 Å². The van der Waals surface area contributed by atoms with E-state index in [0.29, 0.717) is 22.7 Å². The molecule has 2 aromatic carbocycles. The summed E-state index contributed by atoms with van der Waals surface area (Å²) in [5, 5.41) is 3.57. The first-order valence-corrected chi connectivity index (χ1v) is 7.34. The number of rotatable bonds is 5. The minimum atomic E-state index is -0.296. The fraction of sp³-hybridized carbons (Fsp3) is 0.111. The Bertz CT molecular complexity index is 916. The summed E-state index contributed by atoms with van der Waals surface area (Å²) >= 11 is 0. The van der Waals surface area contributed by atoms with Crippen LogP contribution in [-0.2, 0) is 4.79 Å². The quantitative estimate of drug-likeness (QED) is 0.756. The second kappa shape index (κ2) is 6.87. The molecule has 2 N–H and O–H groups in total. The van der Waals surface area contributed by atoms with Gasteiger partial charge in [-0.2, -0.15) is 0 Å². The number of carbonyl (C=O) groups is 1. The molecule has 0 fully saturated rings. The molecule has 122 valence electrons. The van der Waals surface area contributed by atoms with E-state index in [9.17, 15) is 9.59 Å². The molecule has 1 aromatic heterocycles. The molecule has 0 aliphatic carbocycles. The Morgan fingerprint density at radius 2 is 1.88 bits per heavy atom. The zero-order valence-corrected chi connectivity index (χ0v) is 13.0. The summed E-state index contributed by atoms with van der Waals surface area (Å²) in [4.78, 5) is 26.2. The van der Waals surface area contributed by atoms with Crippen LogP contribution in [0, 0.1) is 0 Å². The van der Waals surface area contributed by atoms with Crippen LogP contribution in [0.15, 0.2) is 59.4 Å². The van der Waals surface area contributed by atoms with Crippen molar-refractivity contribution in [3.05, 3.63) is 65.0 Å². The summed E-state index contributed by atoms with van der Waals surface area (Å²) < 4.78 is 10.6. The van der Waals surface area contributed by atoms with E-state index in [0.717, 1.165) is 5.39 Å². The number of aromatic amines is 1. The number of hydrogen-bond acceptors (Lipinski definition) is 4. The van der Waals surface area contributed by atoms with E-state index in [1.807, 2.05) is 6.07 Å². The van der Waals surface area contributed by atoms with Gasteiger partial charge in [-0.15, -0.1) is 0 Å². The average molecular weight is 324 g/mol. The van der Waals surface area contributed by atoms with Gasteiger partial charge in [0.2, 0.25) is 5.56 Å². The highest BCUT2D eigenvalue weighted by atomic mass is 16.5. The molecule has 1 heterocycles. The smallest absolute Gasteiger partial charge is 0.262 e. The van der Waals surface area contributed by atoms with Crippen LogP contribution in [0.4, 0.5) is 5.69 Å². The molecule has 6 nitrogen and oxygen atoms in total. The van der Waals surface area contributed by atoms with E-state index in [1.165, 1.54) is 6.07 Å². The van der Waals surface area contributed by atoms with E-state index >= 15 is 0 Å². The minimum absolute atomic E-state index is 0.165. The van der Waals surface area contributed by atoms with Crippen molar-refractivity contribution in [2.24, 2.45) is 0 Å². The summed E-state index contributed by atoms with van der Waals surface area (Å²) in [6.45, 7) is -0.165. The number of H-pyrrole nitrogens is 1. The molecule has 1 amide bonds. The van der Waals surface area contributed by atoms with Crippen LogP contribution in [0.5, 0.6) is 11.5 Å². The monoisotopic (exact) mass is 324 g/mol. The maximum Gasteiger partial charge on any atom is 0.262 e. The van der Waals surface area contributed by atoms with Crippen molar-refractivity contribution < 1.29 is 14.3 Å².